The number of aryl methyl sites for hydroxylation is 1. The summed E-state index contributed by atoms with van der Waals surface area (Å²) >= 11 is 0. The molecule has 5 heteroatoms. The van der Waals surface area contributed by atoms with E-state index in [9.17, 15) is 5.26 Å². The zero-order valence-electron chi connectivity index (χ0n) is 8.85. The minimum Gasteiger partial charge on any atom is -0.314 e. The maximum atomic E-state index is 9.19. The molecule has 1 atom stereocenters. The molecule has 2 heterocycles. The molecule has 0 saturated carbocycles. The number of nitrogens with one attached hydrogen (secondary N) is 1. The van der Waals surface area contributed by atoms with Crippen molar-refractivity contribution in [3.05, 3.63) is 18.0 Å². The molecule has 15 heavy (non-hydrogen) atoms. The van der Waals surface area contributed by atoms with Crippen LogP contribution in [0.15, 0.2) is 12.4 Å². The summed E-state index contributed by atoms with van der Waals surface area (Å²) in [6.07, 6.45) is 3.69. The van der Waals surface area contributed by atoms with Crippen LogP contribution in [0.1, 0.15) is 11.6 Å². The highest BCUT2D eigenvalue weighted by atomic mass is 15.3. The first-order valence-electron chi connectivity index (χ1n) is 5.14. The first kappa shape index (κ1) is 10.1. The first-order chi connectivity index (χ1) is 7.31. The van der Waals surface area contributed by atoms with Gasteiger partial charge in [-0.15, -0.1) is 0 Å². The predicted molar refractivity (Wildman–Crippen MR) is 56.0 cm³/mol. The summed E-state index contributed by atoms with van der Waals surface area (Å²) in [4.78, 5) is 2.19. The van der Waals surface area contributed by atoms with Crippen molar-refractivity contribution in [1.82, 2.24) is 20.0 Å². The van der Waals surface area contributed by atoms with Gasteiger partial charge in [-0.2, -0.15) is 10.4 Å². The maximum absolute atomic E-state index is 9.19. The summed E-state index contributed by atoms with van der Waals surface area (Å²) in [5.74, 6) is 0. The Morgan fingerprint density at radius 2 is 2.27 bits per heavy atom. The van der Waals surface area contributed by atoms with Crippen molar-refractivity contribution in [3.63, 3.8) is 0 Å². The molecule has 1 aliphatic rings. The topological polar surface area (TPSA) is 56.9 Å². The number of aromatic nitrogens is 2. The van der Waals surface area contributed by atoms with E-state index in [1.165, 1.54) is 0 Å². The van der Waals surface area contributed by atoms with Crippen LogP contribution < -0.4 is 5.32 Å². The second kappa shape index (κ2) is 4.43. The van der Waals surface area contributed by atoms with Crippen LogP contribution >= 0.6 is 0 Å². The second-order valence-corrected chi connectivity index (χ2v) is 3.76. The number of nitrogens with zero attached hydrogens (tertiary/aromatic N) is 4. The lowest BCUT2D eigenvalue weighted by Gasteiger charge is -2.30. The quantitative estimate of drug-likeness (QED) is 0.732. The van der Waals surface area contributed by atoms with Gasteiger partial charge in [0.05, 0.1) is 12.3 Å². The van der Waals surface area contributed by atoms with Crippen LogP contribution in [0, 0.1) is 11.3 Å². The fourth-order valence-corrected chi connectivity index (χ4v) is 1.89. The molecular formula is C10H15N5. The summed E-state index contributed by atoms with van der Waals surface area (Å²) in [5.41, 5.74) is 0.988. The van der Waals surface area contributed by atoms with E-state index in [1.54, 1.807) is 10.9 Å². The number of piperazine rings is 1. The van der Waals surface area contributed by atoms with Gasteiger partial charge in [0, 0.05) is 45.0 Å². The van der Waals surface area contributed by atoms with Gasteiger partial charge in [0.15, 0.2) is 0 Å². The lowest BCUT2D eigenvalue weighted by atomic mass is 10.1. The van der Waals surface area contributed by atoms with E-state index in [2.05, 4.69) is 21.4 Å². The summed E-state index contributed by atoms with van der Waals surface area (Å²) in [6.45, 7) is 3.76. The molecule has 0 aromatic carbocycles. The smallest absolute Gasteiger partial charge is 0.126 e. The van der Waals surface area contributed by atoms with Crippen LogP contribution in [-0.2, 0) is 7.05 Å². The normalized spacial score (nSPS) is 19.7. The first-order valence-corrected chi connectivity index (χ1v) is 5.14. The van der Waals surface area contributed by atoms with Gasteiger partial charge in [-0.25, -0.2) is 0 Å². The maximum Gasteiger partial charge on any atom is 0.126 e. The van der Waals surface area contributed by atoms with E-state index in [0.717, 1.165) is 31.7 Å². The molecule has 0 spiro atoms. The molecule has 0 amide bonds. The minimum absolute atomic E-state index is 0.152. The lowest BCUT2D eigenvalue weighted by molar-refractivity contribution is 0.207. The Hall–Kier alpha value is -1.38. The molecule has 2 rings (SSSR count). The molecule has 1 N–H and O–H groups in total. The van der Waals surface area contributed by atoms with E-state index >= 15 is 0 Å². The average Bonchev–Trinajstić information content (AvgIpc) is 2.68. The third kappa shape index (κ3) is 2.17. The van der Waals surface area contributed by atoms with E-state index in [0.29, 0.717) is 0 Å². The largest absolute Gasteiger partial charge is 0.314 e. The monoisotopic (exact) mass is 205 g/mol. The van der Waals surface area contributed by atoms with Gasteiger partial charge >= 0.3 is 0 Å². The zero-order chi connectivity index (χ0) is 10.7. The number of hydrogen-bond acceptors (Lipinski definition) is 4. The van der Waals surface area contributed by atoms with Crippen molar-refractivity contribution in [3.8, 4) is 6.07 Å². The third-order valence-electron chi connectivity index (χ3n) is 2.68. The van der Waals surface area contributed by atoms with E-state index < -0.39 is 0 Å². The molecule has 1 unspecified atom stereocenters. The fourth-order valence-electron chi connectivity index (χ4n) is 1.89. The van der Waals surface area contributed by atoms with Crippen LogP contribution in [0.3, 0.4) is 0 Å². The highest BCUT2D eigenvalue weighted by molar-refractivity contribution is 5.18. The minimum atomic E-state index is -0.152. The molecule has 1 aromatic heterocycles. The Kier molecular flexibility index (Phi) is 2.99. The van der Waals surface area contributed by atoms with Crippen LogP contribution in [0.5, 0.6) is 0 Å². The lowest BCUT2D eigenvalue weighted by Crippen LogP contribution is -2.44. The summed E-state index contributed by atoms with van der Waals surface area (Å²) in [7, 11) is 1.87. The molecule has 0 bridgehead atoms. The van der Waals surface area contributed by atoms with E-state index in [4.69, 9.17) is 0 Å². The van der Waals surface area contributed by atoms with Gasteiger partial charge in [-0.3, -0.25) is 9.58 Å². The standard InChI is InChI=1S/C10H15N5/c1-14-8-9(7-13-14)10(6-11)15-4-2-12-3-5-15/h7-8,10,12H,2-5H2,1H3. The third-order valence-corrected chi connectivity index (χ3v) is 2.68. The molecule has 0 aliphatic carbocycles. The van der Waals surface area contributed by atoms with Crippen molar-refractivity contribution < 1.29 is 0 Å². The Morgan fingerprint density at radius 3 is 2.80 bits per heavy atom. The molecule has 5 nitrogen and oxygen atoms in total. The van der Waals surface area contributed by atoms with Gasteiger partial charge in [0.25, 0.3) is 0 Å². The van der Waals surface area contributed by atoms with Crippen LogP contribution in [0.2, 0.25) is 0 Å². The van der Waals surface area contributed by atoms with E-state index in [-0.39, 0.29) is 6.04 Å². The molecule has 1 fully saturated rings. The predicted octanol–water partition coefficient (Wildman–Crippen LogP) is -0.110. The molecule has 0 radical (unpaired) electrons. The highest BCUT2D eigenvalue weighted by Crippen LogP contribution is 2.19. The van der Waals surface area contributed by atoms with Crippen molar-refractivity contribution in [1.29, 1.82) is 5.26 Å². The highest BCUT2D eigenvalue weighted by Gasteiger charge is 2.22. The van der Waals surface area contributed by atoms with Crippen molar-refractivity contribution in [2.45, 2.75) is 6.04 Å². The summed E-state index contributed by atoms with van der Waals surface area (Å²) in [6, 6.07) is 2.19. The SMILES string of the molecule is Cn1cc(C(C#N)N2CCNCC2)cn1. The van der Waals surface area contributed by atoms with Crippen LogP contribution in [0.25, 0.3) is 0 Å². The molecular weight excluding hydrogens is 190 g/mol. The Balaban J connectivity index is 2.13. The van der Waals surface area contributed by atoms with Crippen LogP contribution in [-0.4, -0.2) is 40.9 Å². The van der Waals surface area contributed by atoms with Crippen molar-refractivity contribution in [2.24, 2.45) is 7.05 Å². The molecule has 1 aromatic rings. The average molecular weight is 205 g/mol. The molecule has 1 saturated heterocycles. The van der Waals surface area contributed by atoms with Gasteiger partial charge < -0.3 is 5.32 Å². The number of hydrogen-bond donors (Lipinski definition) is 1. The number of nitriles is 1. The van der Waals surface area contributed by atoms with Gasteiger partial charge in [-0.1, -0.05) is 0 Å². The molecule has 80 valence electrons. The Labute approximate surface area is 89.3 Å². The van der Waals surface area contributed by atoms with Crippen molar-refractivity contribution in [2.75, 3.05) is 26.2 Å². The summed E-state index contributed by atoms with van der Waals surface area (Å²) < 4.78 is 1.74. The van der Waals surface area contributed by atoms with E-state index in [1.807, 2.05) is 13.2 Å². The fraction of sp³-hybridized carbons (Fsp3) is 0.600. The van der Waals surface area contributed by atoms with Gasteiger partial charge in [-0.05, 0) is 0 Å². The van der Waals surface area contributed by atoms with Gasteiger partial charge in [0.1, 0.15) is 6.04 Å². The zero-order valence-corrected chi connectivity index (χ0v) is 8.85. The molecule has 1 aliphatic heterocycles. The van der Waals surface area contributed by atoms with Gasteiger partial charge in [0.2, 0.25) is 0 Å². The Bertz CT molecular complexity index is 358. The van der Waals surface area contributed by atoms with Crippen LogP contribution in [0.4, 0.5) is 0 Å². The second-order valence-electron chi connectivity index (χ2n) is 3.76. The van der Waals surface area contributed by atoms with Crippen molar-refractivity contribution >= 4 is 0 Å². The number of rotatable bonds is 2. The summed E-state index contributed by atoms with van der Waals surface area (Å²) in [5, 5.41) is 16.6. The Morgan fingerprint density at radius 1 is 1.53 bits per heavy atom.